The second kappa shape index (κ2) is 10.2. The van der Waals surface area contributed by atoms with Gasteiger partial charge in [-0.15, -0.1) is 0 Å². The van der Waals surface area contributed by atoms with E-state index < -0.39 is 5.91 Å². The van der Waals surface area contributed by atoms with Crippen molar-refractivity contribution in [3.63, 3.8) is 0 Å². The number of halogens is 2. The minimum absolute atomic E-state index is 0.0880. The smallest absolute Gasteiger partial charge is 0.273 e. The lowest BCUT2D eigenvalue weighted by atomic mass is 10.1. The first-order valence-electron chi connectivity index (χ1n) is 12.5. The molecule has 2 aromatic heterocycles. The summed E-state index contributed by atoms with van der Waals surface area (Å²) in [5.41, 5.74) is 3.16. The van der Waals surface area contributed by atoms with Gasteiger partial charge in [-0.05, 0) is 79.7 Å². The monoisotopic (exact) mass is 512 g/mol. The number of benzene rings is 1. The number of nitrogens with zero attached hydrogens (tertiary/aromatic N) is 2. The summed E-state index contributed by atoms with van der Waals surface area (Å²) >= 11 is 6.52. The van der Waals surface area contributed by atoms with Crippen LogP contribution in [0.3, 0.4) is 0 Å². The van der Waals surface area contributed by atoms with Crippen LogP contribution in [0.15, 0.2) is 36.4 Å². The maximum Gasteiger partial charge on any atom is 0.273 e. The molecule has 0 saturated heterocycles. The Hall–Kier alpha value is -2.97. The van der Waals surface area contributed by atoms with Gasteiger partial charge in [-0.3, -0.25) is 9.59 Å². The third-order valence-electron chi connectivity index (χ3n) is 7.17. The lowest BCUT2D eigenvalue weighted by molar-refractivity contribution is -0.118. The molecule has 2 unspecified atom stereocenters. The van der Waals surface area contributed by atoms with Crippen LogP contribution in [0.4, 0.5) is 4.39 Å². The second-order valence-corrected chi connectivity index (χ2v) is 10.3. The van der Waals surface area contributed by atoms with E-state index in [2.05, 4.69) is 15.7 Å². The van der Waals surface area contributed by atoms with Crippen LogP contribution in [0, 0.1) is 17.7 Å². The van der Waals surface area contributed by atoms with Crippen LogP contribution in [-0.2, 0) is 4.79 Å². The van der Waals surface area contributed by atoms with Crippen LogP contribution < -0.4 is 10.6 Å². The molecule has 1 aromatic carbocycles. The van der Waals surface area contributed by atoms with Crippen LogP contribution in [0.1, 0.15) is 61.0 Å². The van der Waals surface area contributed by atoms with Crippen LogP contribution in [0.5, 0.6) is 0 Å². The number of pyridine rings is 1. The molecule has 3 fully saturated rings. The third-order valence-corrected chi connectivity index (χ3v) is 7.54. The van der Waals surface area contributed by atoms with Crippen molar-refractivity contribution in [2.24, 2.45) is 11.8 Å². The van der Waals surface area contributed by atoms with Gasteiger partial charge >= 0.3 is 0 Å². The van der Waals surface area contributed by atoms with Crippen LogP contribution in [-0.4, -0.2) is 45.7 Å². The highest BCUT2D eigenvalue weighted by Gasteiger charge is 2.47. The molecule has 3 atom stereocenters. The van der Waals surface area contributed by atoms with Crippen molar-refractivity contribution >= 4 is 28.9 Å². The summed E-state index contributed by atoms with van der Waals surface area (Å²) < 4.78 is 15.4. The van der Waals surface area contributed by atoms with Gasteiger partial charge in [-0.25, -0.2) is 8.91 Å². The number of carbonyl (C=O) groups is 2. The van der Waals surface area contributed by atoms with Gasteiger partial charge in [0.1, 0.15) is 5.82 Å². The summed E-state index contributed by atoms with van der Waals surface area (Å²) in [6, 6.07) is 10.2. The Morgan fingerprint density at radius 3 is 2.50 bits per heavy atom. The molecule has 0 spiro atoms. The van der Waals surface area contributed by atoms with E-state index in [1.807, 2.05) is 12.1 Å². The van der Waals surface area contributed by atoms with Gasteiger partial charge in [-0.1, -0.05) is 23.7 Å². The number of aliphatic hydroxyl groups is 1. The summed E-state index contributed by atoms with van der Waals surface area (Å²) in [5.74, 6) is 1.18. The molecule has 0 bridgehead atoms. The van der Waals surface area contributed by atoms with Crippen LogP contribution >= 0.6 is 11.6 Å². The first kappa shape index (κ1) is 24.7. The number of nitrogens with one attached hydrogen (secondary N) is 2. The normalized spacial score (nSPS) is 21.9. The number of fused-ring (bicyclic) bond motifs is 2. The number of amides is 2. The van der Waals surface area contributed by atoms with Crippen molar-refractivity contribution in [2.45, 2.75) is 51.0 Å². The maximum atomic E-state index is 13.8. The van der Waals surface area contributed by atoms with Gasteiger partial charge in [-0.2, -0.15) is 5.10 Å². The summed E-state index contributed by atoms with van der Waals surface area (Å²) in [6.07, 6.45) is 5.98. The molecule has 190 valence electrons. The van der Waals surface area contributed by atoms with Gasteiger partial charge in [0.2, 0.25) is 5.91 Å². The average molecular weight is 513 g/mol. The third kappa shape index (κ3) is 5.39. The average Bonchev–Trinajstić information content (AvgIpc) is 3.78. The molecule has 3 saturated carbocycles. The fourth-order valence-corrected chi connectivity index (χ4v) is 5.22. The van der Waals surface area contributed by atoms with E-state index in [-0.39, 0.29) is 35.1 Å². The minimum atomic E-state index is -0.429. The molecule has 36 heavy (non-hydrogen) atoms. The van der Waals surface area contributed by atoms with E-state index in [0.717, 1.165) is 36.7 Å². The van der Waals surface area contributed by atoms with Gasteiger partial charge in [0.05, 0.1) is 22.3 Å². The van der Waals surface area contributed by atoms with Crippen LogP contribution in [0.2, 0.25) is 5.02 Å². The summed E-state index contributed by atoms with van der Waals surface area (Å²) in [6.45, 7) is 1.98. The molecular formula is C27H30ClFN4O3. The fourth-order valence-electron chi connectivity index (χ4n) is 4.96. The van der Waals surface area contributed by atoms with E-state index in [0.29, 0.717) is 29.2 Å². The molecule has 0 radical (unpaired) electrons. The van der Waals surface area contributed by atoms with E-state index in [1.165, 1.54) is 31.9 Å². The number of carbonyl (C=O) groups excluding carboxylic acids is 2. The Labute approximate surface area is 214 Å². The Morgan fingerprint density at radius 2 is 1.92 bits per heavy atom. The number of hydrogen-bond acceptors (Lipinski definition) is 4. The van der Waals surface area contributed by atoms with Crippen molar-refractivity contribution in [2.75, 3.05) is 13.1 Å². The highest BCUT2D eigenvalue weighted by molar-refractivity contribution is 6.36. The summed E-state index contributed by atoms with van der Waals surface area (Å²) in [7, 11) is 0. The zero-order chi connectivity index (χ0) is 25.4. The van der Waals surface area contributed by atoms with Crippen LogP contribution in [0.25, 0.3) is 16.8 Å². The number of aliphatic hydroxyl groups excluding tert-OH is 1. The number of rotatable bonds is 6. The quantitative estimate of drug-likeness (QED) is 0.429. The topological polar surface area (TPSA) is 95.7 Å². The molecule has 9 heteroatoms. The van der Waals surface area contributed by atoms with Gasteiger partial charge in [0, 0.05) is 25.6 Å². The highest BCUT2D eigenvalue weighted by Crippen LogP contribution is 2.51. The van der Waals surface area contributed by atoms with Gasteiger partial charge in [0.25, 0.3) is 5.91 Å². The van der Waals surface area contributed by atoms with E-state index in [1.54, 1.807) is 16.6 Å². The van der Waals surface area contributed by atoms with E-state index >= 15 is 0 Å². The number of aromatic nitrogens is 2. The fraction of sp³-hybridized carbons (Fsp3) is 0.444. The van der Waals surface area contributed by atoms with Crippen molar-refractivity contribution in [3.8, 4) is 11.3 Å². The molecule has 6 rings (SSSR count). The van der Waals surface area contributed by atoms with Crippen molar-refractivity contribution in [1.29, 1.82) is 0 Å². The van der Waals surface area contributed by atoms with Crippen molar-refractivity contribution in [1.82, 2.24) is 20.2 Å². The zero-order valence-corrected chi connectivity index (χ0v) is 20.9. The van der Waals surface area contributed by atoms with Gasteiger partial charge < -0.3 is 15.7 Å². The second-order valence-electron chi connectivity index (χ2n) is 9.96. The van der Waals surface area contributed by atoms with Gasteiger partial charge in [0.15, 0.2) is 5.69 Å². The van der Waals surface area contributed by atoms with E-state index in [4.69, 9.17) is 16.7 Å². The summed E-state index contributed by atoms with van der Waals surface area (Å²) in [4.78, 5) is 23.5. The molecule has 0 aliphatic heterocycles. The van der Waals surface area contributed by atoms with Crippen molar-refractivity contribution in [3.05, 3.63) is 58.5 Å². The van der Waals surface area contributed by atoms with E-state index in [9.17, 15) is 14.0 Å². The lowest BCUT2D eigenvalue weighted by Gasteiger charge is -2.09. The lowest BCUT2D eigenvalue weighted by Crippen LogP contribution is -2.33. The SMILES string of the molecule is CC(=O)NCCNC(=O)c1nn2c(-c3cccc(F)c3)cc(C3CC3)cc2c1Cl.O[C@@H]1CCC2CC21. The highest BCUT2D eigenvalue weighted by atomic mass is 35.5. The molecule has 2 amide bonds. The molecular weight excluding hydrogens is 483 g/mol. The Bertz CT molecular complexity index is 1310. The molecule has 3 aliphatic carbocycles. The molecule has 2 heterocycles. The first-order chi connectivity index (χ1) is 17.3. The molecule has 7 nitrogen and oxygen atoms in total. The predicted molar refractivity (Wildman–Crippen MR) is 135 cm³/mol. The molecule has 3 aliphatic rings. The zero-order valence-electron chi connectivity index (χ0n) is 20.1. The maximum absolute atomic E-state index is 13.8. The Morgan fingerprint density at radius 1 is 1.14 bits per heavy atom. The minimum Gasteiger partial charge on any atom is -0.393 e. The standard InChI is InChI=1S/C21H20ClFN4O2.C6H10O/c1-12(28)24-7-8-25-21(29)20-19(22)18-11-15(13-5-6-13)10-17(27(18)26-20)14-3-2-4-16(23)9-14;7-6-2-1-4-3-5(4)6/h2-4,9-11,13H,5-8H2,1H3,(H,24,28)(H,25,29);4-7H,1-3H2/t;4?,5?,6-/m.1/s1. The molecule has 3 aromatic rings. The van der Waals surface area contributed by atoms with Crippen molar-refractivity contribution < 1.29 is 19.1 Å². The Balaban J connectivity index is 0.000000323. The number of hydrogen-bond donors (Lipinski definition) is 3. The Kier molecular flexibility index (Phi) is 6.99. The molecule has 3 N–H and O–H groups in total. The predicted octanol–water partition coefficient (Wildman–Crippen LogP) is 4.31. The largest absolute Gasteiger partial charge is 0.393 e. The first-order valence-corrected chi connectivity index (χ1v) is 12.9. The summed E-state index contributed by atoms with van der Waals surface area (Å²) in [5, 5.41) is 19.0.